The van der Waals surface area contributed by atoms with Gasteiger partial charge in [-0.25, -0.2) is 0 Å². The largest absolute Gasteiger partial charge is 0.487 e. The highest BCUT2D eigenvalue weighted by Crippen LogP contribution is 2.38. The number of halogens is 2. The lowest BCUT2D eigenvalue weighted by Crippen LogP contribution is -2.23. The van der Waals surface area contributed by atoms with Crippen molar-refractivity contribution < 1.29 is 14.5 Å². The van der Waals surface area contributed by atoms with E-state index < -0.39 is 4.92 Å². The third kappa shape index (κ3) is 4.88. The minimum atomic E-state index is -0.439. The van der Waals surface area contributed by atoms with Crippen molar-refractivity contribution in [2.45, 2.75) is 6.61 Å². The zero-order valence-corrected chi connectivity index (χ0v) is 19.4. The molecule has 1 aliphatic heterocycles. The Hall–Kier alpha value is -2.17. The summed E-state index contributed by atoms with van der Waals surface area (Å²) in [6.45, 7) is 0.255. The maximum absolute atomic E-state index is 12.3. The first-order valence-corrected chi connectivity index (χ1v) is 10.7. The number of likely N-dealkylation sites (N-methyl/N-ethyl adjacent to an activating group) is 1. The first-order chi connectivity index (χ1) is 13.8. The van der Waals surface area contributed by atoms with Crippen LogP contribution in [0.4, 0.5) is 5.69 Å². The monoisotopic (exact) mass is 539 g/mol. The van der Waals surface area contributed by atoms with E-state index in [1.165, 1.54) is 28.8 Å². The smallest absolute Gasteiger partial charge is 0.269 e. The van der Waals surface area contributed by atoms with Gasteiger partial charge in [0.15, 0.2) is 5.17 Å². The van der Waals surface area contributed by atoms with Crippen molar-refractivity contribution in [3.8, 4) is 5.75 Å². The van der Waals surface area contributed by atoms with E-state index in [1.54, 1.807) is 32.3 Å². The van der Waals surface area contributed by atoms with Gasteiger partial charge in [-0.3, -0.25) is 24.8 Å². The second kappa shape index (κ2) is 9.10. The zero-order chi connectivity index (χ0) is 21.1. The number of nitro groups is 1. The second-order valence-corrected chi connectivity index (χ2v) is 8.72. The van der Waals surface area contributed by atoms with Crippen molar-refractivity contribution in [2.24, 2.45) is 4.99 Å². The van der Waals surface area contributed by atoms with Crippen molar-refractivity contribution in [2.75, 3.05) is 14.1 Å². The molecule has 0 atom stereocenters. The van der Waals surface area contributed by atoms with E-state index in [9.17, 15) is 14.9 Å². The van der Waals surface area contributed by atoms with Crippen molar-refractivity contribution in [3.05, 3.63) is 71.5 Å². The molecule has 0 radical (unpaired) electrons. The first kappa shape index (κ1) is 21.5. The lowest BCUT2D eigenvalue weighted by molar-refractivity contribution is -0.384. The van der Waals surface area contributed by atoms with Gasteiger partial charge in [-0.2, -0.15) is 0 Å². The summed E-state index contributed by atoms with van der Waals surface area (Å²) in [4.78, 5) is 28.8. The number of aliphatic imine (C=N–C) groups is 1. The minimum Gasteiger partial charge on any atom is -0.487 e. The van der Waals surface area contributed by atoms with E-state index in [2.05, 4.69) is 36.9 Å². The van der Waals surface area contributed by atoms with Gasteiger partial charge in [0.25, 0.3) is 11.6 Å². The van der Waals surface area contributed by atoms with Crippen molar-refractivity contribution >= 4 is 66.5 Å². The molecule has 2 aromatic rings. The molecule has 0 aliphatic carbocycles. The molecule has 0 spiro atoms. The Kier molecular flexibility index (Phi) is 6.76. The molecule has 0 aromatic heterocycles. The van der Waals surface area contributed by atoms with Crippen LogP contribution in [0, 0.1) is 10.1 Å². The molecule has 150 valence electrons. The average Bonchev–Trinajstić information content (AvgIpc) is 2.95. The molecule has 1 heterocycles. The van der Waals surface area contributed by atoms with Crippen molar-refractivity contribution in [1.29, 1.82) is 0 Å². The van der Waals surface area contributed by atoms with Crippen LogP contribution in [-0.2, 0) is 11.4 Å². The summed E-state index contributed by atoms with van der Waals surface area (Å²) < 4.78 is 7.30. The number of nitrogens with zero attached hydrogens (tertiary/aromatic N) is 3. The molecule has 1 aliphatic rings. The molecule has 10 heteroatoms. The summed E-state index contributed by atoms with van der Waals surface area (Å²) in [5.41, 5.74) is 1.67. The number of hydrogen-bond donors (Lipinski definition) is 0. The maximum atomic E-state index is 12.3. The summed E-state index contributed by atoms with van der Waals surface area (Å²) in [7, 11) is 3.35. The molecule has 29 heavy (non-hydrogen) atoms. The fraction of sp³-hybridized carbons (Fsp3) is 0.158. The molecular formula is C19H15Br2N3O4S. The Balaban J connectivity index is 1.77. The van der Waals surface area contributed by atoms with E-state index in [4.69, 9.17) is 4.74 Å². The third-order valence-electron chi connectivity index (χ3n) is 4.04. The molecule has 0 unspecified atom stereocenters. The normalized spacial score (nSPS) is 16.7. The number of amidine groups is 1. The van der Waals surface area contributed by atoms with Gasteiger partial charge in [0.1, 0.15) is 12.4 Å². The standard InChI is InChI=1S/C19H15Br2N3O4S/c1-22-19-23(2)18(25)16(29-19)9-12-7-14(20)17(15(21)8-12)28-10-11-3-5-13(6-4-11)24(26)27/h3-9H,10H2,1-2H3/b16-9-,22-19?. The Morgan fingerprint density at radius 1 is 1.24 bits per heavy atom. The van der Waals surface area contributed by atoms with Gasteiger partial charge in [0.2, 0.25) is 0 Å². The van der Waals surface area contributed by atoms with Gasteiger partial charge in [0, 0.05) is 26.2 Å². The molecule has 0 saturated carbocycles. The molecular weight excluding hydrogens is 526 g/mol. The Labute approximate surface area is 188 Å². The number of nitro benzene ring substituents is 1. The quantitative estimate of drug-likeness (QED) is 0.294. The summed E-state index contributed by atoms with van der Waals surface area (Å²) in [5, 5.41) is 11.4. The van der Waals surface area contributed by atoms with E-state index >= 15 is 0 Å². The lowest BCUT2D eigenvalue weighted by atomic mass is 10.2. The number of amides is 1. The van der Waals surface area contributed by atoms with Crippen molar-refractivity contribution in [1.82, 2.24) is 4.90 Å². The van der Waals surface area contributed by atoms with Crippen LogP contribution in [0.15, 0.2) is 55.2 Å². The van der Waals surface area contributed by atoms with Gasteiger partial charge >= 0.3 is 0 Å². The molecule has 0 N–H and O–H groups in total. The molecule has 3 rings (SSSR count). The number of carbonyl (C=O) groups is 1. The highest BCUT2D eigenvalue weighted by Gasteiger charge is 2.29. The summed E-state index contributed by atoms with van der Waals surface area (Å²) >= 11 is 8.34. The highest BCUT2D eigenvalue weighted by molar-refractivity contribution is 9.11. The molecule has 1 saturated heterocycles. The van der Waals surface area contributed by atoms with Gasteiger partial charge in [-0.05, 0) is 85.1 Å². The van der Waals surface area contributed by atoms with Gasteiger partial charge < -0.3 is 4.74 Å². The van der Waals surface area contributed by atoms with E-state index in [0.29, 0.717) is 24.8 Å². The number of carbonyl (C=O) groups excluding carboxylic acids is 1. The molecule has 1 fully saturated rings. The zero-order valence-electron chi connectivity index (χ0n) is 15.4. The summed E-state index contributed by atoms with van der Waals surface area (Å²) in [6, 6.07) is 9.92. The SMILES string of the molecule is CN=C1S/C(=C\c2cc(Br)c(OCc3ccc([N+](=O)[O-])cc3)c(Br)c2)C(=O)N1C. The number of rotatable bonds is 5. The van der Waals surface area contributed by atoms with Crippen LogP contribution >= 0.6 is 43.6 Å². The number of thioether (sulfide) groups is 1. The van der Waals surface area contributed by atoms with Crippen LogP contribution in [0.5, 0.6) is 5.75 Å². The second-order valence-electron chi connectivity index (χ2n) is 6.01. The topological polar surface area (TPSA) is 85.0 Å². The predicted molar refractivity (Wildman–Crippen MR) is 121 cm³/mol. The van der Waals surface area contributed by atoms with Crippen molar-refractivity contribution in [3.63, 3.8) is 0 Å². The highest BCUT2D eigenvalue weighted by atomic mass is 79.9. The lowest BCUT2D eigenvalue weighted by Gasteiger charge is -2.11. The van der Waals surface area contributed by atoms with Gasteiger partial charge in [-0.15, -0.1) is 0 Å². The fourth-order valence-electron chi connectivity index (χ4n) is 2.57. The van der Waals surface area contributed by atoms with E-state index in [1.807, 2.05) is 12.1 Å². The van der Waals surface area contributed by atoms with Gasteiger partial charge in [0.05, 0.1) is 18.8 Å². The van der Waals surface area contributed by atoms with Crippen LogP contribution in [0.3, 0.4) is 0 Å². The minimum absolute atomic E-state index is 0.0368. The average molecular weight is 541 g/mol. The van der Waals surface area contributed by atoms with Crippen LogP contribution in [-0.4, -0.2) is 35.0 Å². The van der Waals surface area contributed by atoms with E-state index in [0.717, 1.165) is 11.1 Å². The fourth-order valence-corrected chi connectivity index (χ4v) is 4.95. The predicted octanol–water partition coefficient (Wildman–Crippen LogP) is 5.23. The van der Waals surface area contributed by atoms with Crippen LogP contribution in [0.2, 0.25) is 0 Å². The number of ether oxygens (including phenoxy) is 1. The number of non-ortho nitro benzene ring substituents is 1. The number of benzene rings is 2. The van der Waals surface area contributed by atoms with E-state index in [-0.39, 0.29) is 18.2 Å². The number of hydrogen-bond acceptors (Lipinski definition) is 6. The maximum Gasteiger partial charge on any atom is 0.269 e. The van der Waals surface area contributed by atoms with Crippen LogP contribution in [0.1, 0.15) is 11.1 Å². The summed E-state index contributed by atoms with van der Waals surface area (Å²) in [6.07, 6.45) is 1.80. The molecule has 1 amide bonds. The van der Waals surface area contributed by atoms with Gasteiger partial charge in [-0.1, -0.05) is 0 Å². The molecule has 7 nitrogen and oxygen atoms in total. The molecule has 0 bridgehead atoms. The summed E-state index contributed by atoms with van der Waals surface area (Å²) in [5.74, 6) is 0.505. The Morgan fingerprint density at radius 3 is 2.38 bits per heavy atom. The Bertz CT molecular complexity index is 1020. The molecule has 2 aromatic carbocycles. The van der Waals surface area contributed by atoms with Crippen LogP contribution < -0.4 is 4.74 Å². The van der Waals surface area contributed by atoms with Crippen LogP contribution in [0.25, 0.3) is 6.08 Å². The third-order valence-corrected chi connectivity index (χ3v) is 6.37. The Morgan fingerprint density at radius 2 is 1.86 bits per heavy atom. The first-order valence-electron chi connectivity index (χ1n) is 8.29.